The Kier molecular flexibility index (Phi) is 4.55. The first-order valence-electron chi connectivity index (χ1n) is 8.08. The molecule has 0 saturated carbocycles. The van der Waals surface area contributed by atoms with Crippen molar-refractivity contribution in [3.8, 4) is 0 Å². The van der Waals surface area contributed by atoms with Gasteiger partial charge in [-0.15, -0.1) is 0 Å². The predicted molar refractivity (Wildman–Crippen MR) is 88.2 cm³/mol. The summed E-state index contributed by atoms with van der Waals surface area (Å²) < 4.78 is 0. The summed E-state index contributed by atoms with van der Waals surface area (Å²) in [6.45, 7) is 4.88. The third kappa shape index (κ3) is 3.18. The van der Waals surface area contributed by atoms with E-state index in [0.29, 0.717) is 12.4 Å². The minimum absolute atomic E-state index is 0.170. The quantitative estimate of drug-likeness (QED) is 0.934. The fraction of sp³-hybridized carbons (Fsp3) is 0.500. The van der Waals surface area contributed by atoms with Crippen LogP contribution in [0.1, 0.15) is 33.1 Å². The van der Waals surface area contributed by atoms with Gasteiger partial charge < -0.3 is 9.80 Å². The summed E-state index contributed by atoms with van der Waals surface area (Å²) in [4.78, 5) is 16.6. The molecule has 1 aliphatic rings. The first-order valence-corrected chi connectivity index (χ1v) is 8.08. The highest BCUT2D eigenvalue weighted by Crippen LogP contribution is 2.28. The molecule has 0 spiro atoms. The standard InChI is InChI=1S/C16H22N6O/c1-3-15(23)22(13-7-5-4-6-8-13)14-9-10-21(12(2)11-14)16-17-19-20-18-16/h4-8,12,14H,3,9-11H2,1-2H3,(H,17,18,19,20). The second-order valence-electron chi connectivity index (χ2n) is 5.90. The fourth-order valence-electron chi connectivity index (χ4n) is 3.29. The van der Waals surface area contributed by atoms with Gasteiger partial charge in [0.25, 0.3) is 0 Å². The molecule has 7 nitrogen and oxygen atoms in total. The Hall–Kier alpha value is -2.44. The molecule has 1 aromatic carbocycles. The average molecular weight is 314 g/mol. The first-order chi connectivity index (χ1) is 11.2. The Morgan fingerprint density at radius 1 is 1.39 bits per heavy atom. The van der Waals surface area contributed by atoms with Gasteiger partial charge in [0.1, 0.15) is 0 Å². The van der Waals surface area contributed by atoms with Crippen LogP contribution in [0.15, 0.2) is 30.3 Å². The van der Waals surface area contributed by atoms with E-state index in [0.717, 1.165) is 25.1 Å². The molecule has 1 N–H and O–H groups in total. The van der Waals surface area contributed by atoms with Gasteiger partial charge in [-0.3, -0.25) is 4.79 Å². The molecule has 122 valence electrons. The van der Waals surface area contributed by atoms with E-state index >= 15 is 0 Å². The van der Waals surface area contributed by atoms with Crippen molar-refractivity contribution in [1.29, 1.82) is 0 Å². The van der Waals surface area contributed by atoms with E-state index in [1.165, 1.54) is 0 Å². The maximum Gasteiger partial charge on any atom is 0.243 e. The van der Waals surface area contributed by atoms with Crippen LogP contribution in [0.4, 0.5) is 11.6 Å². The van der Waals surface area contributed by atoms with Crippen molar-refractivity contribution in [2.75, 3.05) is 16.3 Å². The third-order valence-electron chi connectivity index (χ3n) is 4.43. The highest BCUT2D eigenvalue weighted by molar-refractivity contribution is 5.93. The molecule has 2 aromatic rings. The number of amides is 1. The number of hydrogen-bond donors (Lipinski definition) is 1. The monoisotopic (exact) mass is 314 g/mol. The number of anilines is 2. The van der Waals surface area contributed by atoms with E-state index in [9.17, 15) is 4.79 Å². The number of carbonyl (C=O) groups is 1. The molecule has 1 aromatic heterocycles. The largest absolute Gasteiger partial charge is 0.337 e. The molecule has 0 aliphatic carbocycles. The van der Waals surface area contributed by atoms with E-state index in [-0.39, 0.29) is 18.0 Å². The van der Waals surface area contributed by atoms with E-state index < -0.39 is 0 Å². The van der Waals surface area contributed by atoms with Gasteiger partial charge >= 0.3 is 0 Å². The van der Waals surface area contributed by atoms with Crippen molar-refractivity contribution in [3.05, 3.63) is 30.3 Å². The summed E-state index contributed by atoms with van der Waals surface area (Å²) in [5.41, 5.74) is 0.978. The van der Waals surface area contributed by atoms with Crippen LogP contribution in [0, 0.1) is 0 Å². The van der Waals surface area contributed by atoms with Gasteiger partial charge in [-0.1, -0.05) is 30.2 Å². The van der Waals surface area contributed by atoms with Crippen molar-refractivity contribution in [2.24, 2.45) is 0 Å². The number of hydrogen-bond acceptors (Lipinski definition) is 5. The molecule has 0 radical (unpaired) electrons. The average Bonchev–Trinajstić information content (AvgIpc) is 3.10. The number of tetrazole rings is 1. The van der Waals surface area contributed by atoms with Gasteiger partial charge in [-0.25, -0.2) is 5.10 Å². The summed E-state index contributed by atoms with van der Waals surface area (Å²) in [5, 5.41) is 14.1. The molecule has 2 heterocycles. The lowest BCUT2D eigenvalue weighted by Crippen LogP contribution is -2.51. The Labute approximate surface area is 135 Å². The third-order valence-corrected chi connectivity index (χ3v) is 4.43. The zero-order valence-corrected chi connectivity index (χ0v) is 13.5. The zero-order chi connectivity index (χ0) is 16.2. The van der Waals surface area contributed by atoms with Gasteiger partial charge in [-0.2, -0.15) is 0 Å². The van der Waals surface area contributed by atoms with Crippen LogP contribution in [-0.4, -0.2) is 45.2 Å². The Bertz CT molecular complexity index is 629. The highest BCUT2D eigenvalue weighted by Gasteiger charge is 2.33. The lowest BCUT2D eigenvalue weighted by atomic mass is 9.96. The Morgan fingerprint density at radius 3 is 2.78 bits per heavy atom. The number of aromatic nitrogens is 4. The minimum Gasteiger partial charge on any atom is -0.337 e. The van der Waals surface area contributed by atoms with Gasteiger partial charge in [0.2, 0.25) is 11.9 Å². The van der Waals surface area contributed by atoms with E-state index in [4.69, 9.17) is 0 Å². The van der Waals surface area contributed by atoms with Crippen molar-refractivity contribution >= 4 is 17.5 Å². The van der Waals surface area contributed by atoms with Crippen molar-refractivity contribution in [3.63, 3.8) is 0 Å². The normalized spacial score (nSPS) is 21.2. The number of carbonyl (C=O) groups excluding carboxylic acids is 1. The van der Waals surface area contributed by atoms with E-state index in [2.05, 4.69) is 32.4 Å². The summed E-state index contributed by atoms with van der Waals surface area (Å²) in [5.74, 6) is 0.868. The molecule has 1 amide bonds. The van der Waals surface area contributed by atoms with Crippen LogP contribution >= 0.6 is 0 Å². The summed E-state index contributed by atoms with van der Waals surface area (Å²) in [6.07, 6.45) is 2.29. The topological polar surface area (TPSA) is 78.0 Å². The number of nitrogens with zero attached hydrogens (tertiary/aromatic N) is 5. The Morgan fingerprint density at radius 2 is 2.17 bits per heavy atom. The number of benzene rings is 1. The fourth-order valence-corrected chi connectivity index (χ4v) is 3.29. The molecule has 3 rings (SSSR count). The van der Waals surface area contributed by atoms with Crippen LogP contribution in [0.25, 0.3) is 0 Å². The molecule has 2 atom stereocenters. The predicted octanol–water partition coefficient (Wildman–Crippen LogP) is 2.00. The second-order valence-corrected chi connectivity index (χ2v) is 5.90. The number of piperidine rings is 1. The zero-order valence-electron chi connectivity index (χ0n) is 13.5. The molecular formula is C16H22N6O. The van der Waals surface area contributed by atoms with Crippen molar-refractivity contribution in [2.45, 2.75) is 45.2 Å². The molecule has 1 fully saturated rings. The van der Waals surface area contributed by atoms with Crippen LogP contribution in [0.5, 0.6) is 0 Å². The molecule has 1 saturated heterocycles. The molecule has 2 unspecified atom stereocenters. The summed E-state index contributed by atoms with van der Waals surface area (Å²) in [7, 11) is 0. The van der Waals surface area contributed by atoms with E-state index in [1.807, 2.05) is 42.2 Å². The lowest BCUT2D eigenvalue weighted by molar-refractivity contribution is -0.118. The number of H-pyrrole nitrogens is 1. The maximum atomic E-state index is 12.5. The Balaban J connectivity index is 1.78. The van der Waals surface area contributed by atoms with Crippen LogP contribution in [0.3, 0.4) is 0 Å². The number of nitrogens with one attached hydrogen (secondary N) is 1. The number of para-hydroxylation sites is 1. The molecule has 23 heavy (non-hydrogen) atoms. The minimum atomic E-state index is 0.170. The lowest BCUT2D eigenvalue weighted by Gasteiger charge is -2.42. The van der Waals surface area contributed by atoms with Crippen LogP contribution in [-0.2, 0) is 4.79 Å². The van der Waals surface area contributed by atoms with Gasteiger partial charge in [0.15, 0.2) is 0 Å². The van der Waals surface area contributed by atoms with Crippen LogP contribution < -0.4 is 9.80 Å². The highest BCUT2D eigenvalue weighted by atomic mass is 16.2. The van der Waals surface area contributed by atoms with Gasteiger partial charge in [0.05, 0.1) is 0 Å². The van der Waals surface area contributed by atoms with E-state index in [1.54, 1.807) is 0 Å². The molecule has 1 aliphatic heterocycles. The molecule has 7 heteroatoms. The first kappa shape index (κ1) is 15.5. The van der Waals surface area contributed by atoms with Crippen molar-refractivity contribution < 1.29 is 4.79 Å². The molecule has 0 bridgehead atoms. The van der Waals surface area contributed by atoms with Crippen LogP contribution in [0.2, 0.25) is 0 Å². The number of aromatic amines is 1. The molecular weight excluding hydrogens is 292 g/mol. The smallest absolute Gasteiger partial charge is 0.243 e. The number of rotatable bonds is 4. The second kappa shape index (κ2) is 6.76. The van der Waals surface area contributed by atoms with Gasteiger partial charge in [-0.05, 0) is 42.3 Å². The summed E-state index contributed by atoms with van der Waals surface area (Å²) in [6, 6.07) is 10.4. The summed E-state index contributed by atoms with van der Waals surface area (Å²) >= 11 is 0. The van der Waals surface area contributed by atoms with Crippen molar-refractivity contribution in [1.82, 2.24) is 20.6 Å². The van der Waals surface area contributed by atoms with Gasteiger partial charge in [0, 0.05) is 30.7 Å². The SMILES string of the molecule is CCC(=O)N(c1ccccc1)C1CCN(c2nnn[nH]2)C(C)C1. The maximum absolute atomic E-state index is 12.5.